The van der Waals surface area contributed by atoms with Gasteiger partial charge in [0.1, 0.15) is 24.0 Å². The molecule has 6 rings (SSSR count). The summed E-state index contributed by atoms with van der Waals surface area (Å²) in [6.45, 7) is 14.5. The number of benzene rings is 1. The first-order valence-corrected chi connectivity index (χ1v) is 26.0. The molecule has 4 heterocycles. The predicted molar refractivity (Wildman–Crippen MR) is 269 cm³/mol. The Morgan fingerprint density at radius 1 is 0.957 bits per heavy atom. The van der Waals surface area contributed by atoms with Crippen LogP contribution < -0.4 is 10.2 Å². The van der Waals surface area contributed by atoms with Crippen molar-refractivity contribution in [3.63, 3.8) is 0 Å². The molecule has 2 aromatic rings. The number of allylic oxidation sites excluding steroid dienone is 3. The number of carbonyl (C=O) groups excluding carboxylic acids is 5. The third-order valence-corrected chi connectivity index (χ3v) is 15.8. The summed E-state index contributed by atoms with van der Waals surface area (Å²) >= 11 is 0. The van der Waals surface area contributed by atoms with E-state index >= 15 is 0 Å². The number of ketones is 2. The highest BCUT2D eigenvalue weighted by Gasteiger charge is 2.56. The molecule has 2 bridgehead atoms. The molecule has 2 amide bonds. The topological polar surface area (TPSA) is 186 Å². The van der Waals surface area contributed by atoms with Gasteiger partial charge >= 0.3 is 5.97 Å². The number of nitrogens with zero attached hydrogens (tertiary/aromatic N) is 2. The lowest BCUT2D eigenvalue weighted by atomic mass is 9.81. The van der Waals surface area contributed by atoms with E-state index in [2.05, 4.69) is 29.4 Å². The number of para-hydroxylation sites is 1. The van der Waals surface area contributed by atoms with Gasteiger partial charge in [-0.3, -0.25) is 19.2 Å². The second kappa shape index (κ2) is 24.9. The number of hydrogen-bond acceptors (Lipinski definition) is 12. The molecule has 0 spiro atoms. The van der Waals surface area contributed by atoms with Gasteiger partial charge in [0.15, 0.2) is 0 Å². The highest BCUT2D eigenvalue weighted by Crippen LogP contribution is 2.39. The lowest BCUT2D eigenvalue weighted by molar-refractivity contribution is -0.302. The lowest BCUT2D eigenvalue weighted by Gasteiger charge is -2.47. The summed E-state index contributed by atoms with van der Waals surface area (Å²) in [6, 6.07) is 6.81. The molecular weight excluding hydrogens is 893 g/mol. The maximum absolute atomic E-state index is 14.6. The first-order valence-electron chi connectivity index (χ1n) is 26.0. The molecule has 388 valence electrons. The fraction of sp³-hybridized carbons (Fsp3) is 0.691. The number of amides is 2. The summed E-state index contributed by atoms with van der Waals surface area (Å²) in [7, 11) is 4.80. The highest BCUT2D eigenvalue weighted by atomic mass is 16.7. The van der Waals surface area contributed by atoms with Crippen LogP contribution in [0.15, 0.2) is 53.8 Å². The fourth-order valence-electron chi connectivity index (χ4n) is 11.7. The third kappa shape index (κ3) is 12.7. The van der Waals surface area contributed by atoms with E-state index in [1.807, 2.05) is 65.1 Å². The van der Waals surface area contributed by atoms with E-state index in [1.165, 1.54) is 4.90 Å². The number of cyclic esters (lactones) is 1. The zero-order valence-corrected chi connectivity index (χ0v) is 43.5. The third-order valence-electron chi connectivity index (χ3n) is 15.8. The Morgan fingerprint density at radius 3 is 2.37 bits per heavy atom. The molecule has 1 saturated carbocycles. The maximum Gasteiger partial charge on any atom is 0.329 e. The average Bonchev–Trinajstić information content (AvgIpc) is 3.78. The molecule has 15 heteroatoms. The van der Waals surface area contributed by atoms with Crippen LogP contribution in [-0.4, -0.2) is 134 Å². The number of H-pyrrole nitrogens is 1. The van der Waals surface area contributed by atoms with Gasteiger partial charge in [0.2, 0.25) is 11.7 Å². The van der Waals surface area contributed by atoms with Crippen LogP contribution in [0.2, 0.25) is 0 Å². The quantitative estimate of drug-likeness (QED) is 0.114. The largest absolute Gasteiger partial charge is 0.456 e. The van der Waals surface area contributed by atoms with Crippen molar-refractivity contribution in [3.8, 4) is 0 Å². The van der Waals surface area contributed by atoms with Crippen LogP contribution in [0, 0.1) is 29.6 Å². The summed E-state index contributed by atoms with van der Waals surface area (Å²) in [6.07, 6.45) is 9.72. The number of aromatic amines is 1. The molecule has 13 unspecified atom stereocenters. The number of methoxy groups -OCH3 is 3. The number of aromatic nitrogens is 1. The summed E-state index contributed by atoms with van der Waals surface area (Å²) in [5.41, 5.74) is 3.72. The number of hydrogen-bond donors (Lipinski definition) is 3. The van der Waals surface area contributed by atoms with Gasteiger partial charge in [-0.2, -0.15) is 0 Å². The number of nitrogens with one attached hydrogen (secondary N) is 2. The number of likely N-dealkylation sites (N-methyl/N-ethyl adjacent to an activating group) is 1. The van der Waals surface area contributed by atoms with Crippen molar-refractivity contribution in [2.75, 3.05) is 45.9 Å². The van der Waals surface area contributed by atoms with Gasteiger partial charge < -0.3 is 48.9 Å². The van der Waals surface area contributed by atoms with E-state index in [0.29, 0.717) is 57.9 Å². The van der Waals surface area contributed by atoms with Crippen molar-refractivity contribution in [1.82, 2.24) is 15.2 Å². The minimum absolute atomic E-state index is 0.0304. The fourth-order valence-corrected chi connectivity index (χ4v) is 11.7. The number of anilines is 1. The molecule has 15 nitrogen and oxygen atoms in total. The molecule has 1 aromatic carbocycles. The molecular formula is C55H82N4O11. The van der Waals surface area contributed by atoms with Gasteiger partial charge in [0, 0.05) is 75.8 Å². The number of ether oxygens (including phenoxy) is 5. The molecule has 3 N–H and O–H groups in total. The minimum Gasteiger partial charge on any atom is -0.456 e. The van der Waals surface area contributed by atoms with Crippen LogP contribution in [0.5, 0.6) is 0 Å². The number of rotatable bonds is 11. The Hall–Kier alpha value is -4.25. The van der Waals surface area contributed by atoms with Crippen molar-refractivity contribution in [1.29, 1.82) is 0 Å². The zero-order valence-electron chi connectivity index (χ0n) is 43.5. The number of Topliss-reactive ketones (excluding diaryl/α,β-unsaturated/α-hetero) is 2. The van der Waals surface area contributed by atoms with Crippen LogP contribution in [0.4, 0.5) is 5.69 Å². The number of esters is 1. The molecule has 1 aliphatic carbocycles. The van der Waals surface area contributed by atoms with E-state index in [9.17, 15) is 29.1 Å². The number of piperidine rings is 1. The summed E-state index contributed by atoms with van der Waals surface area (Å²) in [5.74, 6) is -6.37. The van der Waals surface area contributed by atoms with Crippen LogP contribution in [0.25, 0.3) is 10.9 Å². The summed E-state index contributed by atoms with van der Waals surface area (Å²) in [4.78, 5) is 77.4. The molecule has 3 aliphatic heterocycles. The van der Waals surface area contributed by atoms with Crippen molar-refractivity contribution < 1.29 is 52.8 Å². The number of carbonyl (C=O) groups is 5. The van der Waals surface area contributed by atoms with Gasteiger partial charge in [-0.25, -0.2) is 4.79 Å². The first-order chi connectivity index (χ1) is 33.5. The van der Waals surface area contributed by atoms with E-state index in [1.54, 1.807) is 33.2 Å². The standard InChI is InChI=1S/C55H82N4O11/c1-11-39-26-33(3)25-34(4)27-47(67-9)51-48(68-10)29-37(7)55(65,70-51)52(62)53(63)59-24-16-15-19-43(59)54(64)69-50(35(5)20-23-45(39)60)36(6)28-38-21-22-42(46(30-38)66-8)57-32-49(61)58(12-2)44-31-56-41-18-14-13-17-40(41)44/h13-14,17-18,26,28,31,34-35,37-39,42-43,46-48,50-51,56-57,65H,11-12,15-16,19-25,27,29-30,32H2,1-10H3. The minimum atomic E-state index is -2.49. The van der Waals surface area contributed by atoms with Crippen molar-refractivity contribution in [3.05, 3.63) is 53.8 Å². The molecule has 0 radical (unpaired) electrons. The number of fused-ring (bicyclic) bond motifs is 4. The summed E-state index contributed by atoms with van der Waals surface area (Å²) < 4.78 is 30.7. The van der Waals surface area contributed by atoms with E-state index in [4.69, 9.17) is 23.7 Å². The Balaban J connectivity index is 1.24. The lowest BCUT2D eigenvalue weighted by Crippen LogP contribution is -2.64. The van der Waals surface area contributed by atoms with Gasteiger partial charge in [-0.05, 0) is 121 Å². The van der Waals surface area contributed by atoms with Gasteiger partial charge in [0.25, 0.3) is 11.7 Å². The van der Waals surface area contributed by atoms with E-state index in [0.717, 1.165) is 40.6 Å². The van der Waals surface area contributed by atoms with Crippen LogP contribution >= 0.6 is 0 Å². The van der Waals surface area contributed by atoms with Gasteiger partial charge in [-0.1, -0.05) is 63.6 Å². The van der Waals surface area contributed by atoms with Crippen LogP contribution in [0.1, 0.15) is 126 Å². The monoisotopic (exact) mass is 975 g/mol. The van der Waals surface area contributed by atoms with Crippen molar-refractivity contribution in [2.24, 2.45) is 29.6 Å². The second-order valence-electron chi connectivity index (χ2n) is 20.8. The van der Waals surface area contributed by atoms with Crippen molar-refractivity contribution in [2.45, 2.75) is 174 Å². The SMILES string of the molecule is CCC1C=C(C)CC(C)CC(OC)C2OC(O)(C(=O)C(=O)N3CCCCC3C(=O)OC(C(C)=CC3CCC(NCC(=O)N(CC)c4c[nH]c5ccccc45)C(OC)C3)C(C)CCC1=O)C(C)CC2OC. The molecule has 3 fully saturated rings. The molecule has 1 aromatic heterocycles. The highest BCUT2D eigenvalue weighted by molar-refractivity contribution is 6.39. The Labute approximate surface area is 415 Å². The Kier molecular flexibility index (Phi) is 19.6. The summed E-state index contributed by atoms with van der Waals surface area (Å²) in [5, 5.41) is 16.7. The number of aliphatic hydroxyl groups is 1. The normalized spacial score (nSPS) is 33.8. The molecule has 4 aliphatic rings. The molecule has 70 heavy (non-hydrogen) atoms. The van der Waals surface area contributed by atoms with Crippen LogP contribution in [0.3, 0.4) is 0 Å². The molecule has 13 atom stereocenters. The van der Waals surface area contributed by atoms with Crippen LogP contribution in [-0.2, 0) is 47.7 Å². The second-order valence-corrected chi connectivity index (χ2v) is 20.8. The average molecular weight is 975 g/mol. The predicted octanol–water partition coefficient (Wildman–Crippen LogP) is 7.63. The molecule has 2 saturated heterocycles. The zero-order chi connectivity index (χ0) is 50.9. The smallest absolute Gasteiger partial charge is 0.329 e. The maximum atomic E-state index is 14.6. The van der Waals surface area contributed by atoms with E-state index < -0.39 is 59.8 Å². The van der Waals surface area contributed by atoms with Crippen molar-refractivity contribution >= 4 is 45.9 Å². The Bertz CT molecular complexity index is 2190. The Morgan fingerprint density at radius 2 is 1.67 bits per heavy atom. The first kappa shape index (κ1) is 55.1. The van der Waals surface area contributed by atoms with Gasteiger partial charge in [-0.15, -0.1) is 0 Å². The van der Waals surface area contributed by atoms with E-state index in [-0.39, 0.29) is 73.4 Å². The van der Waals surface area contributed by atoms with Gasteiger partial charge in [0.05, 0.1) is 30.5 Å².